The lowest BCUT2D eigenvalue weighted by molar-refractivity contribution is -0.292. The molecular formula is C23H29ClO6. The molecule has 2 aromatic carbocycles. The number of hydrogen-bond donors (Lipinski definition) is 3. The first-order valence-corrected chi connectivity index (χ1v) is 10.3. The molecule has 2 aromatic rings. The molecule has 0 aromatic heterocycles. The highest BCUT2D eigenvalue weighted by molar-refractivity contribution is 6.31. The predicted octanol–water partition coefficient (Wildman–Crippen LogP) is 3.19. The molecule has 0 spiro atoms. The molecule has 0 saturated carbocycles. The van der Waals surface area contributed by atoms with Crippen LogP contribution in [0.1, 0.15) is 43.6 Å². The molecule has 1 aliphatic heterocycles. The molecular weight excluding hydrogens is 408 g/mol. The maximum atomic E-state index is 10.5. The van der Waals surface area contributed by atoms with Crippen molar-refractivity contribution in [3.05, 3.63) is 64.2 Å². The van der Waals surface area contributed by atoms with E-state index in [1.54, 1.807) is 12.1 Å². The maximum absolute atomic E-state index is 10.5. The van der Waals surface area contributed by atoms with Gasteiger partial charge < -0.3 is 29.5 Å². The average molecular weight is 437 g/mol. The summed E-state index contributed by atoms with van der Waals surface area (Å²) in [7, 11) is 1.37. The number of hydrogen-bond acceptors (Lipinski definition) is 6. The Balaban J connectivity index is 1.96. The van der Waals surface area contributed by atoms with E-state index in [9.17, 15) is 15.3 Å². The quantitative estimate of drug-likeness (QED) is 0.644. The molecule has 3 rings (SSSR count). The molecule has 1 saturated heterocycles. The van der Waals surface area contributed by atoms with Crippen molar-refractivity contribution < 1.29 is 29.5 Å². The van der Waals surface area contributed by atoms with Crippen molar-refractivity contribution in [2.24, 2.45) is 0 Å². The van der Waals surface area contributed by atoms with E-state index in [-0.39, 0.29) is 0 Å². The van der Waals surface area contributed by atoms with Gasteiger partial charge in [0.05, 0.1) is 6.61 Å². The molecule has 1 unspecified atom stereocenters. The first-order valence-electron chi connectivity index (χ1n) is 9.96. The standard InChI is InChI=1S/C23H29ClO6/c1-5-29-15-9-7-14(8-10-15)23(2,3)16-12-13(6-11-17(16)24)21-19(26)18(25)20(27)22(28-4)30-21/h6-12,18-22,25-27H,5H2,1-4H3/t18-,19-,20+,21?,22+/m1/s1. The summed E-state index contributed by atoms with van der Waals surface area (Å²) in [5.74, 6) is 0.800. The summed E-state index contributed by atoms with van der Waals surface area (Å²) in [4.78, 5) is 0. The van der Waals surface area contributed by atoms with Crippen LogP contribution in [0.5, 0.6) is 5.75 Å². The highest BCUT2D eigenvalue weighted by atomic mass is 35.5. The zero-order valence-electron chi connectivity index (χ0n) is 17.6. The Morgan fingerprint density at radius 3 is 2.27 bits per heavy atom. The Labute approximate surface area is 182 Å². The van der Waals surface area contributed by atoms with Crippen molar-refractivity contribution in [1.29, 1.82) is 0 Å². The second-order valence-corrected chi connectivity index (χ2v) is 8.36. The van der Waals surface area contributed by atoms with Crippen molar-refractivity contribution >= 4 is 11.6 Å². The van der Waals surface area contributed by atoms with Gasteiger partial charge in [0.25, 0.3) is 0 Å². The number of aliphatic hydroxyl groups excluding tert-OH is 3. The minimum Gasteiger partial charge on any atom is -0.494 e. The Kier molecular flexibility index (Phi) is 7.07. The Morgan fingerprint density at radius 2 is 1.67 bits per heavy atom. The molecule has 0 bridgehead atoms. The van der Waals surface area contributed by atoms with E-state index in [2.05, 4.69) is 13.8 Å². The van der Waals surface area contributed by atoms with Gasteiger partial charge in [0.1, 0.15) is 30.2 Å². The molecule has 6 nitrogen and oxygen atoms in total. The van der Waals surface area contributed by atoms with Gasteiger partial charge in [-0.05, 0) is 41.8 Å². The van der Waals surface area contributed by atoms with E-state index < -0.39 is 36.1 Å². The minimum atomic E-state index is -1.40. The van der Waals surface area contributed by atoms with Gasteiger partial charge in [-0.1, -0.05) is 49.7 Å². The number of ether oxygens (including phenoxy) is 3. The fourth-order valence-electron chi connectivity index (χ4n) is 3.81. The van der Waals surface area contributed by atoms with E-state index >= 15 is 0 Å². The van der Waals surface area contributed by atoms with E-state index in [0.29, 0.717) is 17.2 Å². The van der Waals surface area contributed by atoms with Crippen LogP contribution in [0.4, 0.5) is 0 Å². The lowest BCUT2D eigenvalue weighted by Gasteiger charge is -2.40. The molecule has 30 heavy (non-hydrogen) atoms. The lowest BCUT2D eigenvalue weighted by Crippen LogP contribution is -2.54. The monoisotopic (exact) mass is 436 g/mol. The minimum absolute atomic E-state index is 0.448. The van der Waals surface area contributed by atoms with Gasteiger partial charge in [-0.25, -0.2) is 0 Å². The molecule has 0 aliphatic carbocycles. The Morgan fingerprint density at radius 1 is 1.00 bits per heavy atom. The van der Waals surface area contributed by atoms with Gasteiger partial charge in [-0.2, -0.15) is 0 Å². The van der Waals surface area contributed by atoms with Crippen molar-refractivity contribution in [1.82, 2.24) is 0 Å². The van der Waals surface area contributed by atoms with Crippen LogP contribution in [-0.2, 0) is 14.9 Å². The first-order chi connectivity index (χ1) is 14.2. The normalized spacial score (nSPS) is 27.1. The summed E-state index contributed by atoms with van der Waals surface area (Å²) < 4.78 is 16.4. The highest BCUT2D eigenvalue weighted by Crippen LogP contribution is 2.40. The fourth-order valence-corrected chi connectivity index (χ4v) is 4.16. The van der Waals surface area contributed by atoms with Gasteiger partial charge in [0.15, 0.2) is 6.29 Å². The summed E-state index contributed by atoms with van der Waals surface area (Å²) in [6.45, 7) is 6.66. The van der Waals surface area contributed by atoms with Crippen LogP contribution in [0.15, 0.2) is 42.5 Å². The third kappa shape index (κ3) is 4.35. The lowest BCUT2D eigenvalue weighted by atomic mass is 9.77. The van der Waals surface area contributed by atoms with Crippen molar-refractivity contribution in [3.63, 3.8) is 0 Å². The number of halogens is 1. The van der Waals surface area contributed by atoms with Crippen LogP contribution < -0.4 is 4.74 Å². The molecule has 7 heteroatoms. The second kappa shape index (κ2) is 9.22. The summed E-state index contributed by atoms with van der Waals surface area (Å²) in [5, 5.41) is 31.3. The van der Waals surface area contributed by atoms with Crippen LogP contribution in [0.3, 0.4) is 0 Å². The summed E-state index contributed by atoms with van der Waals surface area (Å²) in [5.41, 5.74) is 2.07. The van der Waals surface area contributed by atoms with E-state index in [0.717, 1.165) is 16.9 Å². The van der Waals surface area contributed by atoms with Gasteiger partial charge in [-0.3, -0.25) is 0 Å². The topological polar surface area (TPSA) is 88.4 Å². The molecule has 0 radical (unpaired) electrons. The molecule has 164 valence electrons. The highest BCUT2D eigenvalue weighted by Gasteiger charge is 2.44. The molecule has 1 aliphatic rings. The molecule has 3 N–H and O–H groups in total. The third-order valence-electron chi connectivity index (χ3n) is 5.68. The fraction of sp³-hybridized carbons (Fsp3) is 0.478. The van der Waals surface area contributed by atoms with Crippen LogP contribution in [0.2, 0.25) is 5.02 Å². The Bertz CT molecular complexity index is 851. The summed E-state index contributed by atoms with van der Waals surface area (Å²) in [6.07, 6.45) is -5.97. The number of aliphatic hydroxyl groups is 3. The van der Waals surface area contributed by atoms with Gasteiger partial charge in [0, 0.05) is 17.5 Å². The zero-order chi connectivity index (χ0) is 22.1. The molecule has 1 fully saturated rings. The van der Waals surface area contributed by atoms with E-state index in [1.807, 2.05) is 37.3 Å². The van der Waals surface area contributed by atoms with Gasteiger partial charge in [0.2, 0.25) is 0 Å². The third-order valence-corrected chi connectivity index (χ3v) is 6.01. The SMILES string of the molecule is CCOc1ccc(C(C)(C)c2cc(C3O[C@H](OC)[C@@H](O)[C@H](O)[C@H]3O)ccc2Cl)cc1. The van der Waals surface area contributed by atoms with Crippen molar-refractivity contribution in [2.75, 3.05) is 13.7 Å². The maximum Gasteiger partial charge on any atom is 0.186 e. The first kappa shape index (κ1) is 23.0. The Hall–Kier alpha value is -1.67. The van der Waals surface area contributed by atoms with E-state index in [1.165, 1.54) is 7.11 Å². The zero-order valence-corrected chi connectivity index (χ0v) is 18.3. The van der Waals surface area contributed by atoms with Crippen LogP contribution in [0, 0.1) is 0 Å². The molecule has 0 amide bonds. The predicted molar refractivity (Wildman–Crippen MR) is 114 cm³/mol. The summed E-state index contributed by atoms with van der Waals surface area (Å²) in [6, 6.07) is 13.2. The molecule has 5 atom stereocenters. The van der Waals surface area contributed by atoms with Crippen molar-refractivity contribution in [3.8, 4) is 5.75 Å². The van der Waals surface area contributed by atoms with Crippen molar-refractivity contribution in [2.45, 2.75) is 56.9 Å². The van der Waals surface area contributed by atoms with Gasteiger partial charge >= 0.3 is 0 Å². The van der Waals surface area contributed by atoms with Gasteiger partial charge in [-0.15, -0.1) is 0 Å². The largest absolute Gasteiger partial charge is 0.494 e. The number of methoxy groups -OCH3 is 1. The van der Waals surface area contributed by atoms with Crippen LogP contribution in [-0.4, -0.2) is 53.6 Å². The summed E-state index contributed by atoms with van der Waals surface area (Å²) >= 11 is 6.55. The average Bonchev–Trinajstić information content (AvgIpc) is 2.73. The number of benzene rings is 2. The number of rotatable bonds is 6. The smallest absolute Gasteiger partial charge is 0.186 e. The second-order valence-electron chi connectivity index (χ2n) is 7.95. The van der Waals surface area contributed by atoms with Crippen LogP contribution in [0.25, 0.3) is 0 Å². The van der Waals surface area contributed by atoms with Crippen LogP contribution >= 0.6 is 11.6 Å². The van der Waals surface area contributed by atoms with E-state index in [4.69, 9.17) is 25.8 Å². The molecule has 1 heterocycles.